The standard InChI is InChI=1S/C12H20N4/c1-3-13-11-8-12(15-9-14-11)16(2)10-6-4-5-7-10/h8-10H,3-7H2,1-2H3,(H,13,14,15). The van der Waals surface area contributed by atoms with E-state index in [-0.39, 0.29) is 0 Å². The topological polar surface area (TPSA) is 41.0 Å². The van der Waals surface area contributed by atoms with E-state index >= 15 is 0 Å². The van der Waals surface area contributed by atoms with Gasteiger partial charge in [-0.15, -0.1) is 0 Å². The van der Waals surface area contributed by atoms with Crippen LogP contribution in [0.3, 0.4) is 0 Å². The van der Waals surface area contributed by atoms with Crippen LogP contribution in [0.1, 0.15) is 32.6 Å². The van der Waals surface area contributed by atoms with Crippen LogP contribution in [0.4, 0.5) is 11.6 Å². The molecule has 1 fully saturated rings. The molecule has 2 rings (SSSR count). The third-order valence-corrected chi connectivity index (χ3v) is 3.24. The monoisotopic (exact) mass is 220 g/mol. The number of aromatic nitrogens is 2. The molecule has 0 aromatic carbocycles. The third-order valence-electron chi connectivity index (χ3n) is 3.24. The van der Waals surface area contributed by atoms with Gasteiger partial charge < -0.3 is 10.2 Å². The minimum atomic E-state index is 0.657. The minimum absolute atomic E-state index is 0.657. The maximum atomic E-state index is 4.34. The highest BCUT2D eigenvalue weighted by atomic mass is 15.2. The van der Waals surface area contributed by atoms with Crippen LogP contribution in [0.2, 0.25) is 0 Å². The maximum Gasteiger partial charge on any atom is 0.134 e. The van der Waals surface area contributed by atoms with Crippen molar-refractivity contribution in [3.8, 4) is 0 Å². The molecule has 0 aliphatic heterocycles. The number of anilines is 2. The summed E-state index contributed by atoms with van der Waals surface area (Å²) in [4.78, 5) is 10.8. The lowest BCUT2D eigenvalue weighted by Gasteiger charge is -2.25. The molecule has 0 saturated heterocycles. The summed E-state index contributed by atoms with van der Waals surface area (Å²) >= 11 is 0. The Kier molecular flexibility index (Phi) is 3.59. The van der Waals surface area contributed by atoms with Crippen molar-refractivity contribution in [1.82, 2.24) is 9.97 Å². The fourth-order valence-electron chi connectivity index (χ4n) is 2.30. The van der Waals surface area contributed by atoms with Crippen molar-refractivity contribution in [2.75, 3.05) is 23.8 Å². The van der Waals surface area contributed by atoms with E-state index in [4.69, 9.17) is 0 Å². The molecule has 88 valence electrons. The Morgan fingerprint density at radius 2 is 2.12 bits per heavy atom. The molecule has 0 amide bonds. The zero-order valence-corrected chi connectivity index (χ0v) is 10.1. The molecule has 16 heavy (non-hydrogen) atoms. The van der Waals surface area contributed by atoms with E-state index in [2.05, 4.69) is 34.2 Å². The normalized spacial score (nSPS) is 16.4. The van der Waals surface area contributed by atoms with E-state index in [9.17, 15) is 0 Å². The average Bonchev–Trinajstić information content (AvgIpc) is 2.82. The lowest BCUT2D eigenvalue weighted by Crippen LogP contribution is -2.29. The van der Waals surface area contributed by atoms with Gasteiger partial charge in [0, 0.05) is 25.7 Å². The Labute approximate surface area is 97.1 Å². The summed E-state index contributed by atoms with van der Waals surface area (Å²) in [6.07, 6.45) is 6.91. The van der Waals surface area contributed by atoms with Gasteiger partial charge in [-0.2, -0.15) is 0 Å². The molecule has 1 saturated carbocycles. The van der Waals surface area contributed by atoms with Gasteiger partial charge in [0.2, 0.25) is 0 Å². The van der Waals surface area contributed by atoms with Crippen LogP contribution in [0, 0.1) is 0 Å². The molecule has 0 radical (unpaired) electrons. The second-order valence-corrected chi connectivity index (χ2v) is 4.34. The predicted molar refractivity (Wildman–Crippen MR) is 66.9 cm³/mol. The van der Waals surface area contributed by atoms with Crippen molar-refractivity contribution in [3.63, 3.8) is 0 Å². The lowest BCUT2D eigenvalue weighted by molar-refractivity contribution is 0.646. The van der Waals surface area contributed by atoms with Crippen LogP contribution in [0.25, 0.3) is 0 Å². The summed E-state index contributed by atoms with van der Waals surface area (Å²) < 4.78 is 0. The molecule has 4 heteroatoms. The minimum Gasteiger partial charge on any atom is -0.370 e. The van der Waals surface area contributed by atoms with Gasteiger partial charge in [0.1, 0.15) is 18.0 Å². The number of hydrogen-bond acceptors (Lipinski definition) is 4. The summed E-state index contributed by atoms with van der Waals surface area (Å²) in [6.45, 7) is 2.96. The molecule has 4 nitrogen and oxygen atoms in total. The smallest absolute Gasteiger partial charge is 0.134 e. The van der Waals surface area contributed by atoms with Gasteiger partial charge in [0.25, 0.3) is 0 Å². The van der Waals surface area contributed by atoms with E-state index in [1.807, 2.05) is 6.07 Å². The fraction of sp³-hybridized carbons (Fsp3) is 0.667. The van der Waals surface area contributed by atoms with E-state index < -0.39 is 0 Å². The summed E-state index contributed by atoms with van der Waals surface area (Å²) in [5.41, 5.74) is 0. The first kappa shape index (κ1) is 11.2. The Hall–Kier alpha value is -1.32. The first-order chi connectivity index (χ1) is 7.81. The van der Waals surface area contributed by atoms with E-state index in [0.717, 1.165) is 18.2 Å². The summed E-state index contributed by atoms with van der Waals surface area (Å²) in [5.74, 6) is 1.94. The average molecular weight is 220 g/mol. The quantitative estimate of drug-likeness (QED) is 0.845. The summed E-state index contributed by atoms with van der Waals surface area (Å²) in [5, 5.41) is 3.22. The van der Waals surface area contributed by atoms with Crippen LogP contribution in [0.15, 0.2) is 12.4 Å². The van der Waals surface area contributed by atoms with Gasteiger partial charge in [-0.1, -0.05) is 12.8 Å². The van der Waals surface area contributed by atoms with Crippen molar-refractivity contribution in [2.45, 2.75) is 38.6 Å². The zero-order valence-electron chi connectivity index (χ0n) is 10.1. The Morgan fingerprint density at radius 3 is 2.81 bits per heavy atom. The summed E-state index contributed by atoms with van der Waals surface area (Å²) in [6, 6.07) is 2.69. The van der Waals surface area contributed by atoms with Gasteiger partial charge in [-0.3, -0.25) is 0 Å². The Bertz CT molecular complexity index is 334. The molecule has 1 aliphatic rings. The third kappa shape index (κ3) is 2.43. The van der Waals surface area contributed by atoms with Crippen molar-refractivity contribution in [2.24, 2.45) is 0 Å². The van der Waals surface area contributed by atoms with Crippen molar-refractivity contribution >= 4 is 11.6 Å². The van der Waals surface area contributed by atoms with E-state index in [1.165, 1.54) is 25.7 Å². The van der Waals surface area contributed by atoms with E-state index in [1.54, 1.807) is 6.33 Å². The molecule has 1 heterocycles. The largest absolute Gasteiger partial charge is 0.370 e. The van der Waals surface area contributed by atoms with E-state index in [0.29, 0.717) is 6.04 Å². The van der Waals surface area contributed by atoms with Crippen LogP contribution in [-0.2, 0) is 0 Å². The first-order valence-electron chi connectivity index (χ1n) is 6.10. The van der Waals surface area contributed by atoms with Gasteiger partial charge >= 0.3 is 0 Å². The highest BCUT2D eigenvalue weighted by Crippen LogP contribution is 2.26. The van der Waals surface area contributed by atoms with Gasteiger partial charge in [0.15, 0.2) is 0 Å². The van der Waals surface area contributed by atoms with Gasteiger partial charge in [0.05, 0.1) is 0 Å². The molecule has 0 unspecified atom stereocenters. The van der Waals surface area contributed by atoms with Crippen LogP contribution in [0.5, 0.6) is 0 Å². The van der Waals surface area contributed by atoms with Gasteiger partial charge in [-0.25, -0.2) is 9.97 Å². The SMILES string of the molecule is CCNc1cc(N(C)C2CCCC2)ncn1. The summed E-state index contributed by atoms with van der Waals surface area (Å²) in [7, 11) is 2.13. The van der Waals surface area contributed by atoms with Gasteiger partial charge in [-0.05, 0) is 19.8 Å². The molecule has 0 spiro atoms. The first-order valence-corrected chi connectivity index (χ1v) is 6.10. The van der Waals surface area contributed by atoms with Crippen LogP contribution < -0.4 is 10.2 Å². The number of hydrogen-bond donors (Lipinski definition) is 1. The number of nitrogens with one attached hydrogen (secondary N) is 1. The van der Waals surface area contributed by atoms with Crippen molar-refractivity contribution in [1.29, 1.82) is 0 Å². The molecular weight excluding hydrogens is 200 g/mol. The highest BCUT2D eigenvalue weighted by Gasteiger charge is 2.20. The molecule has 0 atom stereocenters. The predicted octanol–water partition coefficient (Wildman–Crippen LogP) is 2.29. The zero-order chi connectivity index (χ0) is 11.4. The molecule has 1 aliphatic carbocycles. The molecule has 1 aromatic heterocycles. The Balaban J connectivity index is 2.09. The second kappa shape index (κ2) is 5.14. The number of nitrogens with zero attached hydrogens (tertiary/aromatic N) is 3. The molecule has 0 bridgehead atoms. The lowest BCUT2D eigenvalue weighted by atomic mass is 10.2. The maximum absolute atomic E-state index is 4.34. The fourth-order valence-corrected chi connectivity index (χ4v) is 2.30. The second-order valence-electron chi connectivity index (χ2n) is 4.34. The van der Waals surface area contributed by atoms with Crippen LogP contribution in [-0.4, -0.2) is 29.6 Å². The molecule has 1 aromatic rings. The van der Waals surface area contributed by atoms with Crippen molar-refractivity contribution < 1.29 is 0 Å². The van der Waals surface area contributed by atoms with Crippen LogP contribution >= 0.6 is 0 Å². The highest BCUT2D eigenvalue weighted by molar-refractivity contribution is 5.48. The molecular formula is C12H20N4. The Morgan fingerprint density at radius 1 is 1.38 bits per heavy atom. The molecule has 1 N–H and O–H groups in total. The van der Waals surface area contributed by atoms with Crippen molar-refractivity contribution in [3.05, 3.63) is 12.4 Å². The number of rotatable bonds is 4.